The van der Waals surface area contributed by atoms with Crippen LogP contribution in [0.4, 0.5) is 0 Å². The Morgan fingerprint density at radius 1 is 1.29 bits per heavy atom. The molecule has 1 aromatic rings. The number of aldehydes is 1. The molecule has 0 amide bonds. The van der Waals surface area contributed by atoms with Gasteiger partial charge in [-0.2, -0.15) is 0 Å². The molecule has 0 spiro atoms. The maximum atomic E-state index is 11.6. The van der Waals surface area contributed by atoms with Crippen molar-refractivity contribution in [3.8, 4) is 5.75 Å². The summed E-state index contributed by atoms with van der Waals surface area (Å²) in [7, 11) is 1.62. The van der Waals surface area contributed by atoms with Crippen molar-refractivity contribution in [2.24, 2.45) is 5.41 Å². The molecule has 1 saturated heterocycles. The SMILES string of the molecule is COc1ccc(CO[C@H]2CC(C=O)(CO)[C@H]3OC(C)(C)O[C@@H]23)cc1. The quantitative estimate of drug-likeness (QED) is 0.797. The van der Waals surface area contributed by atoms with Crippen LogP contribution < -0.4 is 4.74 Å². The van der Waals surface area contributed by atoms with Crippen molar-refractivity contribution < 1.29 is 28.8 Å². The number of ether oxygens (including phenoxy) is 4. The lowest BCUT2D eigenvalue weighted by Crippen LogP contribution is -2.40. The van der Waals surface area contributed by atoms with Crippen molar-refractivity contribution >= 4 is 6.29 Å². The van der Waals surface area contributed by atoms with E-state index in [-0.39, 0.29) is 18.8 Å². The van der Waals surface area contributed by atoms with E-state index in [4.69, 9.17) is 18.9 Å². The molecule has 3 rings (SSSR count). The molecule has 0 bridgehead atoms. The number of carbonyl (C=O) groups is 1. The topological polar surface area (TPSA) is 74.2 Å². The minimum atomic E-state index is -0.969. The molecule has 1 unspecified atom stereocenters. The van der Waals surface area contributed by atoms with E-state index in [1.807, 2.05) is 24.3 Å². The summed E-state index contributed by atoms with van der Waals surface area (Å²) in [6.07, 6.45) is 0.00322. The van der Waals surface area contributed by atoms with Crippen LogP contribution in [0.5, 0.6) is 5.75 Å². The minimum Gasteiger partial charge on any atom is -0.497 e. The maximum absolute atomic E-state index is 11.6. The standard InChI is InChI=1S/C18H24O6/c1-17(2)23-15-14(8-18(10-19,11-20)16(15)24-17)22-9-12-4-6-13(21-3)7-5-12/h4-7,10,14-16,20H,8-9,11H2,1-3H3/t14-,15-,16-,18?/m0/s1. The fourth-order valence-electron chi connectivity index (χ4n) is 3.50. The molecule has 1 heterocycles. The Morgan fingerprint density at radius 3 is 2.58 bits per heavy atom. The number of aliphatic hydroxyl groups excluding tert-OH is 1. The van der Waals surface area contributed by atoms with Gasteiger partial charge in [-0.1, -0.05) is 12.1 Å². The second kappa shape index (κ2) is 6.44. The van der Waals surface area contributed by atoms with Crippen LogP contribution in [0, 0.1) is 5.41 Å². The molecule has 0 radical (unpaired) electrons. The van der Waals surface area contributed by atoms with Crippen LogP contribution in [-0.2, 0) is 25.6 Å². The van der Waals surface area contributed by atoms with Crippen molar-refractivity contribution in [2.75, 3.05) is 13.7 Å². The molecule has 4 atom stereocenters. The van der Waals surface area contributed by atoms with Gasteiger partial charge in [-0.15, -0.1) is 0 Å². The highest BCUT2D eigenvalue weighted by Gasteiger charge is 2.62. The summed E-state index contributed by atoms with van der Waals surface area (Å²) in [5.74, 6) is -0.00446. The molecule has 132 valence electrons. The Balaban J connectivity index is 1.71. The van der Waals surface area contributed by atoms with Crippen LogP contribution in [0.2, 0.25) is 0 Å². The van der Waals surface area contributed by atoms with Gasteiger partial charge in [0, 0.05) is 0 Å². The van der Waals surface area contributed by atoms with Crippen LogP contribution >= 0.6 is 0 Å². The van der Waals surface area contributed by atoms with E-state index in [1.54, 1.807) is 21.0 Å². The van der Waals surface area contributed by atoms with Crippen LogP contribution in [0.15, 0.2) is 24.3 Å². The number of aliphatic hydroxyl groups is 1. The lowest BCUT2D eigenvalue weighted by atomic mass is 9.86. The molecule has 1 aromatic carbocycles. The first kappa shape index (κ1) is 17.4. The molecule has 1 aliphatic carbocycles. The van der Waals surface area contributed by atoms with E-state index in [0.717, 1.165) is 17.6 Å². The Labute approximate surface area is 141 Å². The largest absolute Gasteiger partial charge is 0.497 e. The molecule has 1 N–H and O–H groups in total. The zero-order valence-electron chi connectivity index (χ0n) is 14.2. The van der Waals surface area contributed by atoms with Gasteiger partial charge in [-0.05, 0) is 38.0 Å². The Bertz CT molecular complexity index is 584. The molecule has 6 heteroatoms. The summed E-state index contributed by atoms with van der Waals surface area (Å²) >= 11 is 0. The molecule has 6 nitrogen and oxygen atoms in total. The molecule has 1 saturated carbocycles. The fourth-order valence-corrected chi connectivity index (χ4v) is 3.50. The van der Waals surface area contributed by atoms with Gasteiger partial charge in [0.2, 0.25) is 0 Å². The number of hydrogen-bond donors (Lipinski definition) is 1. The zero-order chi connectivity index (χ0) is 17.4. The van der Waals surface area contributed by atoms with Crippen LogP contribution in [0.3, 0.4) is 0 Å². The maximum Gasteiger partial charge on any atom is 0.163 e. The summed E-state index contributed by atoms with van der Waals surface area (Å²) < 4.78 is 23.0. The van der Waals surface area contributed by atoms with E-state index in [2.05, 4.69) is 0 Å². The highest BCUT2D eigenvalue weighted by Crippen LogP contribution is 2.48. The first-order valence-electron chi connectivity index (χ1n) is 8.10. The van der Waals surface area contributed by atoms with Crippen LogP contribution in [0.25, 0.3) is 0 Å². The predicted molar refractivity (Wildman–Crippen MR) is 85.6 cm³/mol. The van der Waals surface area contributed by atoms with Gasteiger partial charge in [0.1, 0.15) is 24.2 Å². The molecule has 0 aromatic heterocycles. The van der Waals surface area contributed by atoms with E-state index in [0.29, 0.717) is 13.0 Å². The van der Waals surface area contributed by atoms with E-state index in [1.165, 1.54) is 0 Å². The third-order valence-corrected chi connectivity index (χ3v) is 4.80. The third kappa shape index (κ3) is 3.07. The summed E-state index contributed by atoms with van der Waals surface area (Å²) in [5, 5.41) is 9.76. The molecule has 2 fully saturated rings. The normalized spacial score (nSPS) is 34.1. The number of fused-ring (bicyclic) bond motifs is 1. The first-order chi connectivity index (χ1) is 11.4. The number of benzene rings is 1. The highest BCUT2D eigenvalue weighted by atomic mass is 16.8. The van der Waals surface area contributed by atoms with Crippen molar-refractivity contribution in [3.05, 3.63) is 29.8 Å². The second-order valence-electron chi connectivity index (χ2n) is 6.93. The van der Waals surface area contributed by atoms with Gasteiger partial charge in [0.25, 0.3) is 0 Å². The summed E-state index contributed by atoms with van der Waals surface area (Å²) in [6, 6.07) is 7.61. The Kier molecular flexibility index (Phi) is 4.66. The molecule has 2 aliphatic rings. The monoisotopic (exact) mass is 336 g/mol. The molecule has 1 aliphatic heterocycles. The third-order valence-electron chi connectivity index (χ3n) is 4.80. The van der Waals surface area contributed by atoms with Crippen molar-refractivity contribution in [2.45, 2.75) is 51.0 Å². The van der Waals surface area contributed by atoms with E-state index in [9.17, 15) is 9.90 Å². The average molecular weight is 336 g/mol. The number of hydrogen-bond acceptors (Lipinski definition) is 6. The van der Waals surface area contributed by atoms with Gasteiger partial charge in [-0.25, -0.2) is 0 Å². The van der Waals surface area contributed by atoms with E-state index < -0.39 is 17.3 Å². The minimum absolute atomic E-state index is 0.278. The van der Waals surface area contributed by atoms with Gasteiger partial charge >= 0.3 is 0 Å². The van der Waals surface area contributed by atoms with Gasteiger partial charge in [-0.3, -0.25) is 0 Å². The van der Waals surface area contributed by atoms with Crippen LogP contribution in [-0.4, -0.2) is 49.2 Å². The van der Waals surface area contributed by atoms with Gasteiger partial charge < -0.3 is 28.8 Å². The molecular weight excluding hydrogens is 312 g/mol. The zero-order valence-corrected chi connectivity index (χ0v) is 14.2. The van der Waals surface area contributed by atoms with E-state index >= 15 is 0 Å². The van der Waals surface area contributed by atoms with Crippen LogP contribution in [0.1, 0.15) is 25.8 Å². The summed E-state index contributed by atoms with van der Waals surface area (Å²) in [5.41, 5.74) is 0.0290. The van der Waals surface area contributed by atoms with Crippen molar-refractivity contribution in [1.29, 1.82) is 0 Å². The number of rotatable bonds is 6. The first-order valence-corrected chi connectivity index (χ1v) is 8.10. The predicted octanol–water partition coefficient (Wildman–Crippen LogP) is 1.68. The number of carbonyl (C=O) groups excluding carboxylic acids is 1. The highest BCUT2D eigenvalue weighted by molar-refractivity contribution is 5.62. The molecule has 24 heavy (non-hydrogen) atoms. The lowest BCUT2D eigenvalue weighted by Gasteiger charge is -2.28. The molecular formula is C18H24O6. The second-order valence-corrected chi connectivity index (χ2v) is 6.93. The summed E-state index contributed by atoms with van der Waals surface area (Å²) in [4.78, 5) is 11.6. The average Bonchev–Trinajstić information content (AvgIpc) is 3.05. The Hall–Kier alpha value is -1.47. The smallest absolute Gasteiger partial charge is 0.163 e. The fraction of sp³-hybridized carbons (Fsp3) is 0.611. The van der Waals surface area contributed by atoms with Gasteiger partial charge in [0.05, 0.1) is 31.8 Å². The van der Waals surface area contributed by atoms with Gasteiger partial charge in [0.15, 0.2) is 5.79 Å². The summed E-state index contributed by atoms with van der Waals surface area (Å²) in [6.45, 7) is 3.72. The van der Waals surface area contributed by atoms with Crippen molar-refractivity contribution in [3.63, 3.8) is 0 Å². The Morgan fingerprint density at radius 2 is 2.00 bits per heavy atom. The van der Waals surface area contributed by atoms with Crippen molar-refractivity contribution in [1.82, 2.24) is 0 Å². The lowest BCUT2D eigenvalue weighted by molar-refractivity contribution is -0.182. The number of methoxy groups -OCH3 is 1.